The van der Waals surface area contributed by atoms with E-state index in [-0.39, 0.29) is 24.2 Å². The average molecular weight is 438 g/mol. The Hall–Kier alpha value is -3.88. The van der Waals surface area contributed by atoms with E-state index in [1.807, 2.05) is 13.8 Å². The molecular weight excluding hydrogens is 412 g/mol. The molecule has 2 N–H and O–H groups in total. The van der Waals surface area contributed by atoms with Gasteiger partial charge in [-0.15, -0.1) is 0 Å². The van der Waals surface area contributed by atoms with Gasteiger partial charge in [-0.2, -0.15) is 9.78 Å². The van der Waals surface area contributed by atoms with Crippen molar-refractivity contribution in [2.75, 3.05) is 20.8 Å². The molecule has 0 unspecified atom stereocenters. The summed E-state index contributed by atoms with van der Waals surface area (Å²) in [5.41, 5.74) is -0.0304. The normalized spacial score (nSPS) is 11.6. The number of rotatable bonds is 8. The van der Waals surface area contributed by atoms with Crippen LogP contribution < -0.4 is 25.7 Å². The number of methoxy groups -OCH3 is 2. The summed E-state index contributed by atoms with van der Waals surface area (Å²) in [5.74, 6) is 0.0297. The van der Waals surface area contributed by atoms with Crippen molar-refractivity contribution >= 4 is 22.6 Å². The number of benzene rings is 2. The zero-order valence-corrected chi connectivity index (χ0v) is 18.5. The van der Waals surface area contributed by atoms with Crippen molar-refractivity contribution in [3.8, 4) is 17.2 Å². The van der Waals surface area contributed by atoms with Gasteiger partial charge in [-0.05, 0) is 31.5 Å². The van der Waals surface area contributed by atoms with Crippen LogP contribution in [0, 0.1) is 0 Å². The second-order valence-electron chi connectivity index (χ2n) is 7.21. The maximum Gasteiger partial charge on any atom is 0.279 e. The predicted octanol–water partition coefficient (Wildman–Crippen LogP) is 2.05. The number of carbonyl (C=O) groups is 2. The minimum absolute atomic E-state index is 0.00259. The van der Waals surface area contributed by atoms with E-state index in [0.717, 1.165) is 11.1 Å². The molecule has 3 aromatic rings. The molecule has 0 aliphatic carbocycles. The summed E-state index contributed by atoms with van der Waals surface area (Å²) in [4.78, 5) is 38.2. The van der Waals surface area contributed by atoms with Crippen molar-refractivity contribution in [2.45, 2.75) is 26.3 Å². The number of ether oxygens (including phenoxy) is 2. The lowest BCUT2D eigenvalue weighted by atomic mass is 10.1. The molecule has 0 bridgehead atoms. The van der Waals surface area contributed by atoms with E-state index in [1.165, 1.54) is 14.2 Å². The first-order chi connectivity index (χ1) is 15.4. The van der Waals surface area contributed by atoms with Crippen molar-refractivity contribution in [3.05, 3.63) is 58.5 Å². The number of aromatic nitrogens is 2. The van der Waals surface area contributed by atoms with Crippen LogP contribution in [0.15, 0.2) is 47.3 Å². The summed E-state index contributed by atoms with van der Waals surface area (Å²) >= 11 is 0. The topological polar surface area (TPSA) is 112 Å². The largest absolute Gasteiger partial charge is 0.497 e. The van der Waals surface area contributed by atoms with Gasteiger partial charge >= 0.3 is 0 Å². The standard InChI is InChI=1S/C23H26N4O5/c1-5-14(2)25-20(28)13-24-22(29)21-16-8-6-7-9-17(16)23(30)27(26-21)18-11-10-15(31-3)12-19(18)32-4/h6-12,14H,5,13H2,1-4H3,(H,24,29)(H,25,28)/t14-/m0/s1. The Bertz CT molecular complexity index is 1200. The maximum atomic E-state index is 13.2. The quantitative estimate of drug-likeness (QED) is 0.557. The first kappa shape index (κ1) is 22.8. The molecule has 1 aromatic heterocycles. The first-order valence-electron chi connectivity index (χ1n) is 10.2. The number of carbonyl (C=O) groups excluding carboxylic acids is 2. The highest BCUT2D eigenvalue weighted by atomic mass is 16.5. The summed E-state index contributed by atoms with van der Waals surface area (Å²) in [6.45, 7) is 3.63. The SMILES string of the molecule is CC[C@H](C)NC(=O)CNC(=O)c1nn(-c2ccc(OC)cc2OC)c(=O)c2ccccc12. The van der Waals surface area contributed by atoms with Gasteiger partial charge in [0.25, 0.3) is 11.5 Å². The summed E-state index contributed by atoms with van der Waals surface area (Å²) in [7, 11) is 2.99. The Morgan fingerprint density at radius 2 is 1.81 bits per heavy atom. The molecule has 2 amide bonds. The third-order valence-corrected chi connectivity index (χ3v) is 5.06. The summed E-state index contributed by atoms with van der Waals surface area (Å²) in [6, 6.07) is 11.6. The van der Waals surface area contributed by atoms with Crippen LogP contribution in [-0.4, -0.2) is 48.4 Å². The van der Waals surface area contributed by atoms with E-state index in [4.69, 9.17) is 9.47 Å². The fourth-order valence-electron chi connectivity index (χ4n) is 3.15. The van der Waals surface area contributed by atoms with E-state index in [9.17, 15) is 14.4 Å². The number of amides is 2. The highest BCUT2D eigenvalue weighted by Crippen LogP contribution is 2.27. The monoisotopic (exact) mass is 438 g/mol. The number of nitrogens with zero attached hydrogens (tertiary/aromatic N) is 2. The van der Waals surface area contributed by atoms with E-state index < -0.39 is 11.5 Å². The summed E-state index contributed by atoms with van der Waals surface area (Å²) < 4.78 is 11.7. The van der Waals surface area contributed by atoms with Crippen LogP contribution in [0.1, 0.15) is 30.8 Å². The highest BCUT2D eigenvalue weighted by molar-refractivity contribution is 6.05. The molecule has 1 atom stereocenters. The van der Waals surface area contributed by atoms with E-state index >= 15 is 0 Å². The Morgan fingerprint density at radius 1 is 1.09 bits per heavy atom. The van der Waals surface area contributed by atoms with Crippen molar-refractivity contribution < 1.29 is 19.1 Å². The Balaban J connectivity index is 2.05. The molecule has 0 spiro atoms. The lowest BCUT2D eigenvalue weighted by Gasteiger charge is -2.15. The van der Waals surface area contributed by atoms with Crippen molar-refractivity contribution in [1.29, 1.82) is 0 Å². The van der Waals surface area contributed by atoms with Gasteiger partial charge in [0, 0.05) is 17.5 Å². The van der Waals surface area contributed by atoms with Crippen LogP contribution >= 0.6 is 0 Å². The molecule has 1 heterocycles. The number of hydrogen-bond acceptors (Lipinski definition) is 6. The molecule has 2 aromatic carbocycles. The van der Waals surface area contributed by atoms with Crippen LogP contribution in [0.5, 0.6) is 11.5 Å². The molecule has 0 radical (unpaired) electrons. The zero-order valence-electron chi connectivity index (χ0n) is 18.5. The van der Waals surface area contributed by atoms with Crippen LogP contribution in [-0.2, 0) is 4.79 Å². The first-order valence-corrected chi connectivity index (χ1v) is 10.2. The van der Waals surface area contributed by atoms with Gasteiger partial charge in [0.15, 0.2) is 5.69 Å². The van der Waals surface area contributed by atoms with E-state index in [2.05, 4.69) is 15.7 Å². The van der Waals surface area contributed by atoms with Crippen LogP contribution in [0.3, 0.4) is 0 Å². The fourth-order valence-corrected chi connectivity index (χ4v) is 3.15. The van der Waals surface area contributed by atoms with Crippen molar-refractivity contribution in [2.24, 2.45) is 0 Å². The number of nitrogens with one attached hydrogen (secondary N) is 2. The number of fused-ring (bicyclic) bond motifs is 1. The van der Waals surface area contributed by atoms with Crippen molar-refractivity contribution in [3.63, 3.8) is 0 Å². The highest BCUT2D eigenvalue weighted by Gasteiger charge is 2.20. The molecule has 3 rings (SSSR count). The molecule has 0 aliphatic heterocycles. The maximum absolute atomic E-state index is 13.2. The lowest BCUT2D eigenvalue weighted by Crippen LogP contribution is -2.41. The van der Waals surface area contributed by atoms with Gasteiger partial charge in [0.05, 0.1) is 26.2 Å². The third kappa shape index (κ3) is 4.72. The molecule has 0 saturated carbocycles. The van der Waals surface area contributed by atoms with Gasteiger partial charge in [-0.3, -0.25) is 14.4 Å². The fraction of sp³-hybridized carbons (Fsp3) is 0.304. The molecule has 0 aliphatic rings. The lowest BCUT2D eigenvalue weighted by molar-refractivity contribution is -0.120. The van der Waals surface area contributed by atoms with E-state index in [0.29, 0.717) is 28.0 Å². The zero-order chi connectivity index (χ0) is 23.3. The van der Waals surface area contributed by atoms with Gasteiger partial charge in [0.2, 0.25) is 5.91 Å². The molecular formula is C23H26N4O5. The van der Waals surface area contributed by atoms with Crippen LogP contribution in [0.4, 0.5) is 0 Å². The minimum Gasteiger partial charge on any atom is -0.497 e. The molecule has 0 saturated heterocycles. The van der Waals surface area contributed by atoms with Gasteiger partial charge < -0.3 is 20.1 Å². The van der Waals surface area contributed by atoms with E-state index in [1.54, 1.807) is 42.5 Å². The molecule has 0 fully saturated rings. The Kier molecular flexibility index (Phi) is 7.09. The molecule has 168 valence electrons. The van der Waals surface area contributed by atoms with Crippen LogP contribution in [0.25, 0.3) is 16.5 Å². The Morgan fingerprint density at radius 3 is 2.47 bits per heavy atom. The van der Waals surface area contributed by atoms with Crippen LogP contribution in [0.2, 0.25) is 0 Å². The van der Waals surface area contributed by atoms with Gasteiger partial charge in [-0.1, -0.05) is 25.1 Å². The summed E-state index contributed by atoms with van der Waals surface area (Å²) in [5, 5.41) is 10.4. The smallest absolute Gasteiger partial charge is 0.279 e. The average Bonchev–Trinajstić information content (AvgIpc) is 2.82. The number of hydrogen-bond donors (Lipinski definition) is 2. The van der Waals surface area contributed by atoms with Crippen molar-refractivity contribution in [1.82, 2.24) is 20.4 Å². The third-order valence-electron chi connectivity index (χ3n) is 5.06. The second-order valence-corrected chi connectivity index (χ2v) is 7.21. The molecule has 9 heteroatoms. The van der Waals surface area contributed by atoms with Gasteiger partial charge in [0.1, 0.15) is 17.2 Å². The molecule has 9 nitrogen and oxygen atoms in total. The predicted molar refractivity (Wildman–Crippen MR) is 121 cm³/mol. The Labute approximate surface area is 185 Å². The molecule has 32 heavy (non-hydrogen) atoms. The van der Waals surface area contributed by atoms with Gasteiger partial charge in [-0.25, -0.2) is 0 Å². The second kappa shape index (κ2) is 9.95. The summed E-state index contributed by atoms with van der Waals surface area (Å²) in [6.07, 6.45) is 0.778. The minimum atomic E-state index is -0.568.